The summed E-state index contributed by atoms with van der Waals surface area (Å²) >= 11 is 0. The molecule has 0 heterocycles. The van der Waals surface area contributed by atoms with E-state index in [4.69, 9.17) is 4.74 Å². The van der Waals surface area contributed by atoms with Gasteiger partial charge in [-0.1, -0.05) is 29.8 Å². The molecule has 0 aliphatic rings. The molecule has 0 radical (unpaired) electrons. The molecule has 2 rings (SSSR count). The molecule has 114 valence electrons. The molecule has 0 aliphatic carbocycles. The van der Waals surface area contributed by atoms with Gasteiger partial charge in [0.15, 0.2) is 6.10 Å². The van der Waals surface area contributed by atoms with Gasteiger partial charge in [0.25, 0.3) is 5.91 Å². The van der Waals surface area contributed by atoms with Crippen LogP contribution in [-0.2, 0) is 4.79 Å². The Kier molecular flexibility index (Phi) is 5.14. The molecule has 22 heavy (non-hydrogen) atoms. The molecule has 1 amide bonds. The summed E-state index contributed by atoms with van der Waals surface area (Å²) in [6.45, 7) is 3.62. The van der Waals surface area contributed by atoms with Crippen molar-refractivity contribution in [2.75, 3.05) is 0 Å². The van der Waals surface area contributed by atoms with Crippen molar-refractivity contribution >= 4 is 12.1 Å². The van der Waals surface area contributed by atoms with E-state index in [0.29, 0.717) is 11.3 Å². The topological polar surface area (TPSA) is 70.9 Å². The number of aromatic hydroxyl groups is 1. The van der Waals surface area contributed by atoms with Crippen LogP contribution in [0.1, 0.15) is 18.1 Å². The van der Waals surface area contributed by atoms with Crippen LogP contribution in [-0.4, -0.2) is 23.3 Å². The van der Waals surface area contributed by atoms with Gasteiger partial charge >= 0.3 is 0 Å². The molecule has 0 spiro atoms. The lowest BCUT2D eigenvalue weighted by Crippen LogP contribution is -2.33. The number of benzene rings is 2. The van der Waals surface area contributed by atoms with Crippen molar-refractivity contribution in [1.29, 1.82) is 0 Å². The fourth-order valence-electron chi connectivity index (χ4n) is 1.73. The van der Waals surface area contributed by atoms with Crippen LogP contribution in [0.15, 0.2) is 53.6 Å². The first kappa shape index (κ1) is 15.6. The van der Waals surface area contributed by atoms with E-state index < -0.39 is 6.10 Å². The van der Waals surface area contributed by atoms with Gasteiger partial charge in [0.05, 0.1) is 6.21 Å². The molecule has 0 fully saturated rings. The zero-order valence-electron chi connectivity index (χ0n) is 12.5. The Morgan fingerprint density at radius 2 is 1.91 bits per heavy atom. The molecule has 0 aromatic heterocycles. The third kappa shape index (κ3) is 4.34. The number of carbonyl (C=O) groups excluding carboxylic acids is 1. The predicted molar refractivity (Wildman–Crippen MR) is 85.1 cm³/mol. The quantitative estimate of drug-likeness (QED) is 0.658. The summed E-state index contributed by atoms with van der Waals surface area (Å²) in [7, 11) is 0. The second kappa shape index (κ2) is 7.26. The van der Waals surface area contributed by atoms with Gasteiger partial charge in [0.2, 0.25) is 0 Å². The molecule has 1 unspecified atom stereocenters. The number of nitrogens with zero attached hydrogens (tertiary/aromatic N) is 1. The molecule has 0 saturated carbocycles. The molecular weight excluding hydrogens is 280 g/mol. The minimum Gasteiger partial charge on any atom is -0.507 e. The van der Waals surface area contributed by atoms with Gasteiger partial charge in [-0.2, -0.15) is 5.10 Å². The first-order chi connectivity index (χ1) is 10.6. The lowest BCUT2D eigenvalue weighted by Gasteiger charge is -2.12. The standard InChI is InChI=1S/C17H18N2O3/c1-12-7-9-15(10-8-12)22-13(2)17(21)19-18-11-14-5-3-4-6-16(14)20/h3-11,13,20H,1-2H3,(H,19,21). The Bertz CT molecular complexity index is 666. The lowest BCUT2D eigenvalue weighted by molar-refractivity contribution is -0.127. The van der Waals surface area contributed by atoms with E-state index in [0.717, 1.165) is 5.56 Å². The van der Waals surface area contributed by atoms with E-state index in [9.17, 15) is 9.90 Å². The van der Waals surface area contributed by atoms with E-state index in [-0.39, 0.29) is 11.7 Å². The van der Waals surface area contributed by atoms with Crippen LogP contribution in [0.4, 0.5) is 0 Å². The lowest BCUT2D eigenvalue weighted by atomic mass is 10.2. The highest BCUT2D eigenvalue weighted by Gasteiger charge is 2.13. The average molecular weight is 298 g/mol. The van der Waals surface area contributed by atoms with Crippen LogP contribution >= 0.6 is 0 Å². The number of amides is 1. The van der Waals surface area contributed by atoms with E-state index in [1.807, 2.05) is 31.2 Å². The summed E-state index contributed by atoms with van der Waals surface area (Å²) in [4.78, 5) is 11.9. The number of phenols is 1. The number of para-hydroxylation sites is 1. The highest BCUT2D eigenvalue weighted by Crippen LogP contribution is 2.14. The van der Waals surface area contributed by atoms with E-state index in [1.54, 1.807) is 31.2 Å². The van der Waals surface area contributed by atoms with Crippen molar-refractivity contribution in [1.82, 2.24) is 5.43 Å². The molecule has 5 heteroatoms. The van der Waals surface area contributed by atoms with Crippen molar-refractivity contribution in [3.63, 3.8) is 0 Å². The fourth-order valence-corrected chi connectivity index (χ4v) is 1.73. The Morgan fingerprint density at radius 3 is 2.59 bits per heavy atom. The summed E-state index contributed by atoms with van der Waals surface area (Å²) in [5.74, 6) is 0.356. The molecule has 2 aromatic carbocycles. The molecule has 0 saturated heterocycles. The minimum absolute atomic E-state index is 0.101. The Balaban J connectivity index is 1.89. The molecular formula is C17H18N2O3. The third-order valence-electron chi connectivity index (χ3n) is 3.02. The summed E-state index contributed by atoms with van der Waals surface area (Å²) in [6, 6.07) is 14.2. The van der Waals surface area contributed by atoms with Crippen molar-refractivity contribution in [2.45, 2.75) is 20.0 Å². The first-order valence-corrected chi connectivity index (χ1v) is 6.90. The Hall–Kier alpha value is -2.82. The largest absolute Gasteiger partial charge is 0.507 e. The fraction of sp³-hybridized carbons (Fsp3) is 0.176. The van der Waals surface area contributed by atoms with Gasteiger partial charge in [-0.3, -0.25) is 4.79 Å². The first-order valence-electron chi connectivity index (χ1n) is 6.90. The number of hydrogen-bond acceptors (Lipinski definition) is 4. The number of nitrogens with one attached hydrogen (secondary N) is 1. The summed E-state index contributed by atoms with van der Waals surface area (Å²) in [5.41, 5.74) is 4.03. The Labute approximate surface area is 129 Å². The van der Waals surface area contributed by atoms with Gasteiger partial charge in [-0.15, -0.1) is 0 Å². The number of carbonyl (C=O) groups is 1. The molecule has 0 bridgehead atoms. The number of hydrogen-bond donors (Lipinski definition) is 2. The van der Waals surface area contributed by atoms with Crippen molar-refractivity contribution < 1.29 is 14.6 Å². The highest BCUT2D eigenvalue weighted by molar-refractivity contribution is 5.86. The summed E-state index contributed by atoms with van der Waals surface area (Å²) in [6.07, 6.45) is 0.704. The number of rotatable bonds is 5. The van der Waals surface area contributed by atoms with Crippen LogP contribution in [0.5, 0.6) is 11.5 Å². The normalized spacial score (nSPS) is 12.1. The second-order valence-electron chi connectivity index (χ2n) is 4.87. The number of hydrazone groups is 1. The monoisotopic (exact) mass is 298 g/mol. The van der Waals surface area contributed by atoms with Crippen LogP contribution in [0.3, 0.4) is 0 Å². The van der Waals surface area contributed by atoms with Crippen molar-refractivity contribution in [2.24, 2.45) is 5.10 Å². The zero-order chi connectivity index (χ0) is 15.9. The Morgan fingerprint density at radius 1 is 1.23 bits per heavy atom. The minimum atomic E-state index is -0.677. The third-order valence-corrected chi connectivity index (χ3v) is 3.02. The smallest absolute Gasteiger partial charge is 0.280 e. The highest BCUT2D eigenvalue weighted by atomic mass is 16.5. The molecule has 0 aliphatic heterocycles. The van der Waals surface area contributed by atoms with Crippen LogP contribution in [0, 0.1) is 6.92 Å². The van der Waals surface area contributed by atoms with Crippen LogP contribution in [0.2, 0.25) is 0 Å². The van der Waals surface area contributed by atoms with Gasteiger partial charge in [-0.25, -0.2) is 5.43 Å². The number of aryl methyl sites for hydroxylation is 1. The van der Waals surface area contributed by atoms with E-state index in [2.05, 4.69) is 10.5 Å². The van der Waals surface area contributed by atoms with Crippen molar-refractivity contribution in [3.8, 4) is 11.5 Å². The molecule has 2 N–H and O–H groups in total. The zero-order valence-corrected chi connectivity index (χ0v) is 12.5. The summed E-state index contributed by atoms with van der Waals surface area (Å²) < 4.78 is 5.52. The average Bonchev–Trinajstić information content (AvgIpc) is 2.51. The van der Waals surface area contributed by atoms with Gasteiger partial charge in [0, 0.05) is 5.56 Å². The van der Waals surface area contributed by atoms with Crippen LogP contribution in [0.25, 0.3) is 0 Å². The maximum Gasteiger partial charge on any atom is 0.280 e. The van der Waals surface area contributed by atoms with Crippen molar-refractivity contribution in [3.05, 3.63) is 59.7 Å². The summed E-state index contributed by atoms with van der Waals surface area (Å²) in [5, 5.41) is 13.4. The van der Waals surface area contributed by atoms with Gasteiger partial charge in [0.1, 0.15) is 11.5 Å². The van der Waals surface area contributed by atoms with Gasteiger partial charge < -0.3 is 9.84 Å². The van der Waals surface area contributed by atoms with Crippen LogP contribution < -0.4 is 10.2 Å². The maximum atomic E-state index is 11.9. The van der Waals surface area contributed by atoms with E-state index in [1.165, 1.54) is 6.21 Å². The molecule has 1 atom stereocenters. The number of phenolic OH excluding ortho intramolecular Hbond substituents is 1. The predicted octanol–water partition coefficient (Wildman–Crippen LogP) is 2.62. The maximum absolute atomic E-state index is 11.9. The molecule has 2 aromatic rings. The molecule has 5 nitrogen and oxygen atoms in total. The van der Waals surface area contributed by atoms with E-state index >= 15 is 0 Å². The number of ether oxygens (including phenoxy) is 1. The SMILES string of the molecule is Cc1ccc(OC(C)C(=O)NN=Cc2ccccc2O)cc1. The second-order valence-corrected chi connectivity index (χ2v) is 4.87. The van der Waals surface area contributed by atoms with Gasteiger partial charge in [-0.05, 0) is 38.1 Å².